The molecule has 2 N–H and O–H groups in total. The maximum absolute atomic E-state index is 12.5. The number of nitrogens with zero attached hydrogens (tertiary/aromatic N) is 1. The summed E-state index contributed by atoms with van der Waals surface area (Å²) >= 11 is 3.35. The first-order valence-electron chi connectivity index (χ1n) is 6.57. The highest BCUT2D eigenvalue weighted by molar-refractivity contribution is 9.10. The Balaban J connectivity index is 0.00000200. The molecule has 1 aliphatic rings. The van der Waals surface area contributed by atoms with Crippen molar-refractivity contribution in [2.45, 2.75) is 25.9 Å². The van der Waals surface area contributed by atoms with Gasteiger partial charge in [-0.25, -0.2) is 0 Å². The molecule has 6 heteroatoms. The number of hydrogen-bond donors (Lipinski definition) is 1. The van der Waals surface area contributed by atoms with Gasteiger partial charge in [0.1, 0.15) is 0 Å². The van der Waals surface area contributed by atoms with E-state index in [-0.39, 0.29) is 24.4 Å². The van der Waals surface area contributed by atoms with Gasteiger partial charge in [-0.05, 0) is 38.0 Å². The van der Waals surface area contributed by atoms with Crippen LogP contribution in [0.1, 0.15) is 30.1 Å². The molecule has 1 aromatic rings. The van der Waals surface area contributed by atoms with E-state index in [0.29, 0.717) is 24.3 Å². The second kappa shape index (κ2) is 7.86. The minimum absolute atomic E-state index is 0. The van der Waals surface area contributed by atoms with Crippen LogP contribution in [-0.4, -0.2) is 36.6 Å². The number of halogens is 2. The van der Waals surface area contributed by atoms with Crippen molar-refractivity contribution in [2.24, 2.45) is 0 Å². The van der Waals surface area contributed by atoms with Crippen molar-refractivity contribution in [3.8, 4) is 0 Å². The number of anilines is 1. The summed E-state index contributed by atoms with van der Waals surface area (Å²) in [5.41, 5.74) is 6.98. The van der Waals surface area contributed by atoms with Gasteiger partial charge in [-0.2, -0.15) is 0 Å². The van der Waals surface area contributed by atoms with Gasteiger partial charge in [-0.1, -0.05) is 15.9 Å². The minimum Gasteiger partial charge on any atom is -0.398 e. The first-order valence-corrected chi connectivity index (χ1v) is 7.37. The van der Waals surface area contributed by atoms with Crippen LogP contribution in [-0.2, 0) is 4.74 Å². The first kappa shape index (κ1) is 17.3. The second-order valence-corrected chi connectivity index (χ2v) is 5.63. The Morgan fingerprint density at radius 1 is 1.55 bits per heavy atom. The van der Waals surface area contributed by atoms with E-state index in [1.54, 1.807) is 17.0 Å². The van der Waals surface area contributed by atoms with Crippen molar-refractivity contribution in [1.82, 2.24) is 4.90 Å². The van der Waals surface area contributed by atoms with E-state index in [1.807, 2.05) is 13.0 Å². The molecule has 1 aromatic carbocycles. The number of amides is 1. The summed E-state index contributed by atoms with van der Waals surface area (Å²) in [6.07, 6.45) is 2.27. The molecule has 0 aromatic heterocycles. The van der Waals surface area contributed by atoms with Crippen molar-refractivity contribution in [2.75, 3.05) is 25.4 Å². The highest BCUT2D eigenvalue weighted by Crippen LogP contribution is 2.21. The van der Waals surface area contributed by atoms with Crippen LogP contribution >= 0.6 is 28.3 Å². The Labute approximate surface area is 134 Å². The number of benzene rings is 1. The van der Waals surface area contributed by atoms with E-state index in [2.05, 4.69) is 15.9 Å². The summed E-state index contributed by atoms with van der Waals surface area (Å²) < 4.78 is 6.47. The molecular formula is C14H20BrClN2O2. The van der Waals surface area contributed by atoms with Gasteiger partial charge in [0.25, 0.3) is 5.91 Å². The Hall–Kier alpha value is -0.780. The largest absolute Gasteiger partial charge is 0.398 e. The molecule has 112 valence electrons. The highest BCUT2D eigenvalue weighted by atomic mass is 79.9. The molecule has 0 saturated carbocycles. The smallest absolute Gasteiger partial charge is 0.256 e. The zero-order chi connectivity index (χ0) is 13.8. The minimum atomic E-state index is -0.0250. The molecule has 1 fully saturated rings. The summed E-state index contributed by atoms with van der Waals surface area (Å²) in [5, 5.41) is 0. The normalized spacial score (nSPS) is 17.6. The molecule has 1 aliphatic heterocycles. The molecule has 20 heavy (non-hydrogen) atoms. The lowest BCUT2D eigenvalue weighted by atomic mass is 10.1. The molecule has 1 unspecified atom stereocenters. The monoisotopic (exact) mass is 362 g/mol. The fraction of sp³-hybridized carbons (Fsp3) is 0.500. The van der Waals surface area contributed by atoms with E-state index in [4.69, 9.17) is 10.5 Å². The predicted molar refractivity (Wildman–Crippen MR) is 86.4 cm³/mol. The van der Waals surface area contributed by atoms with Gasteiger partial charge >= 0.3 is 0 Å². The van der Waals surface area contributed by atoms with Crippen molar-refractivity contribution in [3.63, 3.8) is 0 Å². The molecule has 0 aliphatic carbocycles. The summed E-state index contributed by atoms with van der Waals surface area (Å²) in [7, 11) is 0. The lowest BCUT2D eigenvalue weighted by Gasteiger charge is -2.24. The second-order valence-electron chi connectivity index (χ2n) is 4.71. The van der Waals surface area contributed by atoms with Gasteiger partial charge in [0.15, 0.2) is 0 Å². The predicted octanol–water partition coefficient (Wildman–Crippen LogP) is 3.09. The zero-order valence-corrected chi connectivity index (χ0v) is 13.9. The SMILES string of the molecule is CCN(CC1CCCO1)C(=O)c1ccc(Br)cc1N.Cl. The molecular weight excluding hydrogens is 344 g/mol. The van der Waals surface area contributed by atoms with Crippen LogP contribution in [0.3, 0.4) is 0 Å². The van der Waals surface area contributed by atoms with Crippen molar-refractivity contribution >= 4 is 39.9 Å². The topological polar surface area (TPSA) is 55.6 Å². The van der Waals surface area contributed by atoms with Gasteiger partial charge in [-0.15, -0.1) is 12.4 Å². The first-order chi connectivity index (χ1) is 9.11. The quantitative estimate of drug-likeness (QED) is 0.836. The Morgan fingerprint density at radius 3 is 2.85 bits per heavy atom. The van der Waals surface area contributed by atoms with Crippen molar-refractivity contribution in [1.29, 1.82) is 0 Å². The molecule has 0 spiro atoms. The van der Waals surface area contributed by atoms with Gasteiger partial charge < -0.3 is 15.4 Å². The van der Waals surface area contributed by atoms with Crippen LogP contribution in [0.4, 0.5) is 5.69 Å². The number of rotatable bonds is 4. The zero-order valence-electron chi connectivity index (χ0n) is 11.5. The van der Waals surface area contributed by atoms with E-state index < -0.39 is 0 Å². The summed E-state index contributed by atoms with van der Waals surface area (Å²) in [6.45, 7) is 4.08. The lowest BCUT2D eigenvalue weighted by molar-refractivity contribution is 0.0540. The molecule has 1 amide bonds. The maximum Gasteiger partial charge on any atom is 0.256 e. The van der Waals surface area contributed by atoms with Crippen LogP contribution in [0.25, 0.3) is 0 Å². The number of likely N-dealkylation sites (N-methyl/N-ethyl adjacent to an activating group) is 1. The molecule has 1 saturated heterocycles. The summed E-state index contributed by atoms with van der Waals surface area (Å²) in [5.74, 6) is -0.0250. The Kier molecular flexibility index (Phi) is 6.79. The fourth-order valence-corrected chi connectivity index (χ4v) is 2.67. The Bertz CT molecular complexity index is 464. The number of hydrogen-bond acceptors (Lipinski definition) is 3. The van der Waals surface area contributed by atoms with Crippen molar-refractivity contribution < 1.29 is 9.53 Å². The van der Waals surface area contributed by atoms with Gasteiger partial charge in [-0.3, -0.25) is 4.79 Å². The number of carbonyl (C=O) groups is 1. The van der Waals surface area contributed by atoms with Crippen LogP contribution in [0, 0.1) is 0 Å². The standard InChI is InChI=1S/C14H19BrN2O2.ClH/c1-2-17(9-11-4-3-7-19-11)14(18)12-6-5-10(15)8-13(12)16;/h5-6,8,11H,2-4,7,9,16H2,1H3;1H. The number of ether oxygens (including phenoxy) is 1. The number of nitrogens with two attached hydrogens (primary N) is 1. The van der Waals surface area contributed by atoms with E-state index >= 15 is 0 Å². The Morgan fingerprint density at radius 2 is 2.30 bits per heavy atom. The average Bonchev–Trinajstić information content (AvgIpc) is 2.88. The van der Waals surface area contributed by atoms with Crippen LogP contribution in [0.5, 0.6) is 0 Å². The van der Waals surface area contributed by atoms with Gasteiger partial charge in [0.2, 0.25) is 0 Å². The van der Waals surface area contributed by atoms with Crippen LogP contribution < -0.4 is 5.73 Å². The third-order valence-electron chi connectivity index (χ3n) is 3.36. The molecule has 1 heterocycles. The van der Waals surface area contributed by atoms with Crippen LogP contribution in [0.2, 0.25) is 0 Å². The maximum atomic E-state index is 12.5. The summed E-state index contributed by atoms with van der Waals surface area (Å²) in [4.78, 5) is 14.3. The van der Waals surface area contributed by atoms with E-state index in [0.717, 1.165) is 23.9 Å². The number of nitrogen functional groups attached to an aromatic ring is 1. The third kappa shape index (κ3) is 4.11. The number of carbonyl (C=O) groups excluding carboxylic acids is 1. The molecule has 0 bridgehead atoms. The van der Waals surface area contributed by atoms with Gasteiger partial charge in [0, 0.05) is 29.9 Å². The van der Waals surface area contributed by atoms with Gasteiger partial charge in [0.05, 0.1) is 11.7 Å². The highest BCUT2D eigenvalue weighted by Gasteiger charge is 2.23. The van der Waals surface area contributed by atoms with E-state index in [9.17, 15) is 4.79 Å². The molecule has 4 nitrogen and oxygen atoms in total. The third-order valence-corrected chi connectivity index (χ3v) is 3.85. The van der Waals surface area contributed by atoms with Crippen LogP contribution in [0.15, 0.2) is 22.7 Å². The molecule has 0 radical (unpaired) electrons. The van der Waals surface area contributed by atoms with E-state index in [1.165, 1.54) is 0 Å². The summed E-state index contributed by atoms with van der Waals surface area (Å²) in [6, 6.07) is 5.36. The molecule has 1 atom stereocenters. The fourth-order valence-electron chi connectivity index (χ4n) is 2.29. The molecule has 2 rings (SSSR count). The average molecular weight is 364 g/mol. The lowest BCUT2D eigenvalue weighted by Crippen LogP contribution is -2.37. The van der Waals surface area contributed by atoms with Crippen molar-refractivity contribution in [3.05, 3.63) is 28.2 Å².